The molecule has 0 unspecified atom stereocenters. The second kappa shape index (κ2) is 6.29. The van der Waals surface area contributed by atoms with E-state index in [0.29, 0.717) is 0 Å². The fraction of sp³-hybridized carbons (Fsp3) is 0.400. The summed E-state index contributed by atoms with van der Waals surface area (Å²) in [4.78, 5) is 6.42. The van der Waals surface area contributed by atoms with Gasteiger partial charge in [-0.05, 0) is 24.6 Å². The van der Waals surface area contributed by atoms with Crippen LogP contribution in [0.5, 0.6) is 0 Å². The maximum atomic E-state index is 5.91. The second-order valence-corrected chi connectivity index (χ2v) is 5.59. The van der Waals surface area contributed by atoms with Crippen LogP contribution in [-0.4, -0.2) is 23.6 Å². The van der Waals surface area contributed by atoms with Gasteiger partial charge in [-0.2, -0.15) is 0 Å². The Morgan fingerprint density at radius 2 is 1.95 bits per heavy atom. The highest BCUT2D eigenvalue weighted by Gasteiger charge is 2.10. The molecule has 20 heavy (non-hydrogen) atoms. The van der Waals surface area contributed by atoms with Crippen LogP contribution in [0.3, 0.4) is 0 Å². The molecule has 0 saturated carbocycles. The molecule has 0 aliphatic carbocycles. The highest BCUT2D eigenvalue weighted by molar-refractivity contribution is 6.30. The Labute approximate surface area is 125 Å². The lowest BCUT2D eigenvalue weighted by molar-refractivity contribution is 0.558. The third kappa shape index (κ3) is 3.32. The molecule has 0 radical (unpaired) electrons. The number of nitrogens with zero attached hydrogens (tertiary/aromatic N) is 3. The molecule has 1 heterocycles. The van der Waals surface area contributed by atoms with Gasteiger partial charge >= 0.3 is 0 Å². The van der Waals surface area contributed by atoms with Gasteiger partial charge < -0.3 is 14.8 Å². The summed E-state index contributed by atoms with van der Waals surface area (Å²) < 4.78 is 2.10. The number of aromatic nitrogens is 2. The molecule has 2 rings (SSSR count). The average molecular weight is 293 g/mol. The summed E-state index contributed by atoms with van der Waals surface area (Å²) in [6, 6.07) is 8.21. The van der Waals surface area contributed by atoms with E-state index >= 15 is 0 Å². The van der Waals surface area contributed by atoms with E-state index < -0.39 is 0 Å². The lowest BCUT2D eigenvalue weighted by Crippen LogP contribution is -2.20. The summed E-state index contributed by atoms with van der Waals surface area (Å²) in [5.74, 6) is 0.959. The van der Waals surface area contributed by atoms with Crippen molar-refractivity contribution in [3.05, 3.63) is 46.7 Å². The largest absolute Gasteiger partial charge is 0.348 e. The Morgan fingerprint density at radius 3 is 2.50 bits per heavy atom. The third-order valence-corrected chi connectivity index (χ3v) is 3.67. The Hall–Kier alpha value is -1.52. The van der Waals surface area contributed by atoms with Crippen molar-refractivity contribution in [3.8, 4) is 0 Å². The van der Waals surface area contributed by atoms with E-state index in [1.54, 1.807) is 0 Å². The minimum Gasteiger partial charge on any atom is -0.348 e. The number of halogens is 1. The van der Waals surface area contributed by atoms with Gasteiger partial charge in [0.1, 0.15) is 0 Å². The van der Waals surface area contributed by atoms with E-state index in [1.807, 2.05) is 44.4 Å². The van der Waals surface area contributed by atoms with Gasteiger partial charge in [0.25, 0.3) is 0 Å². The molecule has 1 aromatic carbocycles. The average Bonchev–Trinajstić information content (AvgIpc) is 2.78. The van der Waals surface area contributed by atoms with E-state index in [-0.39, 0.29) is 6.04 Å². The summed E-state index contributed by atoms with van der Waals surface area (Å²) in [7, 11) is 6.03. The number of imidazole rings is 1. The van der Waals surface area contributed by atoms with E-state index in [2.05, 4.69) is 33.9 Å². The van der Waals surface area contributed by atoms with Crippen molar-refractivity contribution in [2.24, 2.45) is 7.05 Å². The van der Waals surface area contributed by atoms with Crippen LogP contribution < -0.4 is 10.2 Å². The molecule has 108 valence electrons. The van der Waals surface area contributed by atoms with Gasteiger partial charge in [-0.3, -0.25) is 0 Å². The van der Waals surface area contributed by atoms with Crippen LogP contribution >= 0.6 is 11.6 Å². The molecule has 0 fully saturated rings. The van der Waals surface area contributed by atoms with Crippen LogP contribution in [0, 0.1) is 0 Å². The number of hydrogen-bond acceptors (Lipinski definition) is 3. The fourth-order valence-corrected chi connectivity index (χ4v) is 2.27. The molecule has 0 amide bonds. The monoisotopic (exact) mass is 292 g/mol. The molecule has 0 saturated heterocycles. The lowest BCUT2D eigenvalue weighted by atomic mass is 10.1. The van der Waals surface area contributed by atoms with Crippen LogP contribution in [-0.2, 0) is 13.6 Å². The summed E-state index contributed by atoms with van der Waals surface area (Å²) in [5, 5.41) is 4.27. The van der Waals surface area contributed by atoms with Gasteiger partial charge in [0, 0.05) is 38.8 Å². The van der Waals surface area contributed by atoms with Gasteiger partial charge in [0.05, 0.1) is 11.9 Å². The molecule has 1 atom stereocenters. The van der Waals surface area contributed by atoms with Crippen molar-refractivity contribution in [1.29, 1.82) is 0 Å². The van der Waals surface area contributed by atoms with Crippen molar-refractivity contribution in [3.63, 3.8) is 0 Å². The summed E-state index contributed by atoms with van der Waals surface area (Å²) in [5.41, 5.74) is 2.39. The molecule has 4 nitrogen and oxygen atoms in total. The first kappa shape index (κ1) is 14.9. The van der Waals surface area contributed by atoms with Crippen LogP contribution in [0.2, 0.25) is 5.02 Å². The van der Waals surface area contributed by atoms with Crippen molar-refractivity contribution >= 4 is 17.5 Å². The fourth-order valence-electron chi connectivity index (χ4n) is 2.14. The smallest absolute Gasteiger partial charge is 0.204 e. The van der Waals surface area contributed by atoms with Gasteiger partial charge in [0.2, 0.25) is 5.95 Å². The first-order valence-electron chi connectivity index (χ1n) is 6.66. The van der Waals surface area contributed by atoms with Gasteiger partial charge in [0.15, 0.2) is 0 Å². The Morgan fingerprint density at radius 1 is 1.30 bits per heavy atom. The van der Waals surface area contributed by atoms with Gasteiger partial charge in [-0.25, -0.2) is 4.98 Å². The molecular weight excluding hydrogens is 272 g/mol. The topological polar surface area (TPSA) is 33.1 Å². The number of rotatable bonds is 5. The third-order valence-electron chi connectivity index (χ3n) is 3.42. The standard InChI is InChI=1S/C15H21ClN4/c1-11(12-5-7-13(16)8-6-12)17-9-14-10-18-15(19(2)3)20(14)4/h5-8,10-11,17H,9H2,1-4H3/t11-/m1/s1. The number of benzene rings is 1. The predicted octanol–water partition coefficient (Wildman–Crippen LogP) is 2.99. The van der Waals surface area contributed by atoms with Crippen molar-refractivity contribution < 1.29 is 0 Å². The second-order valence-electron chi connectivity index (χ2n) is 5.16. The molecule has 2 aromatic rings. The van der Waals surface area contributed by atoms with E-state index in [1.165, 1.54) is 5.56 Å². The Balaban J connectivity index is 2.00. The minimum absolute atomic E-state index is 0.268. The zero-order chi connectivity index (χ0) is 14.7. The van der Waals surface area contributed by atoms with Crippen LogP contribution in [0.1, 0.15) is 24.2 Å². The quantitative estimate of drug-likeness (QED) is 0.920. The van der Waals surface area contributed by atoms with E-state index in [9.17, 15) is 0 Å². The van der Waals surface area contributed by atoms with Gasteiger partial charge in [-0.1, -0.05) is 23.7 Å². The number of hydrogen-bond donors (Lipinski definition) is 1. The highest BCUT2D eigenvalue weighted by atomic mass is 35.5. The van der Waals surface area contributed by atoms with Crippen molar-refractivity contribution in [2.45, 2.75) is 19.5 Å². The first-order chi connectivity index (χ1) is 9.49. The molecule has 1 aromatic heterocycles. The van der Waals surface area contributed by atoms with E-state index in [4.69, 9.17) is 11.6 Å². The molecular formula is C15H21ClN4. The van der Waals surface area contributed by atoms with Crippen LogP contribution in [0.15, 0.2) is 30.5 Å². The summed E-state index contributed by atoms with van der Waals surface area (Å²) in [6.07, 6.45) is 1.91. The van der Waals surface area contributed by atoms with Crippen LogP contribution in [0.25, 0.3) is 0 Å². The maximum absolute atomic E-state index is 5.91. The molecule has 0 spiro atoms. The van der Waals surface area contributed by atoms with Crippen LogP contribution in [0.4, 0.5) is 5.95 Å². The lowest BCUT2D eigenvalue weighted by Gasteiger charge is -2.16. The summed E-state index contributed by atoms with van der Waals surface area (Å²) in [6.45, 7) is 2.92. The summed E-state index contributed by atoms with van der Waals surface area (Å²) >= 11 is 5.91. The van der Waals surface area contributed by atoms with E-state index in [0.717, 1.165) is 23.2 Å². The Bertz CT molecular complexity index is 560. The highest BCUT2D eigenvalue weighted by Crippen LogP contribution is 2.17. The zero-order valence-corrected chi connectivity index (χ0v) is 13.1. The molecule has 0 aliphatic heterocycles. The van der Waals surface area contributed by atoms with Crippen molar-refractivity contribution in [2.75, 3.05) is 19.0 Å². The van der Waals surface area contributed by atoms with Crippen molar-refractivity contribution in [1.82, 2.24) is 14.9 Å². The minimum atomic E-state index is 0.268. The molecule has 5 heteroatoms. The molecule has 0 aliphatic rings. The zero-order valence-electron chi connectivity index (χ0n) is 12.4. The predicted molar refractivity (Wildman–Crippen MR) is 84.2 cm³/mol. The molecule has 1 N–H and O–H groups in total. The Kier molecular flexibility index (Phi) is 4.68. The SMILES string of the molecule is C[C@@H](NCc1cnc(N(C)C)n1C)c1ccc(Cl)cc1. The number of anilines is 1. The maximum Gasteiger partial charge on any atom is 0.204 e. The first-order valence-corrected chi connectivity index (χ1v) is 7.03. The number of nitrogens with one attached hydrogen (secondary N) is 1. The molecule has 0 bridgehead atoms. The normalized spacial score (nSPS) is 12.4. The van der Waals surface area contributed by atoms with Gasteiger partial charge in [-0.15, -0.1) is 0 Å².